The van der Waals surface area contributed by atoms with Crippen molar-refractivity contribution < 1.29 is 15.0 Å². The van der Waals surface area contributed by atoms with Crippen molar-refractivity contribution in [1.82, 2.24) is 0 Å². The van der Waals surface area contributed by atoms with E-state index < -0.39 is 12.2 Å². The molecule has 0 aromatic heterocycles. The average Bonchev–Trinajstić information content (AvgIpc) is 2.44. The number of benzene rings is 1. The first kappa shape index (κ1) is 18.2. The molecular formula is C17H26O3S. The zero-order valence-electron chi connectivity index (χ0n) is 13.3. The molecule has 1 rings (SSSR count). The van der Waals surface area contributed by atoms with Crippen molar-refractivity contribution in [2.75, 3.05) is 5.75 Å². The molecule has 3 nitrogen and oxygen atoms in total. The quantitative estimate of drug-likeness (QED) is 0.812. The van der Waals surface area contributed by atoms with Crippen LogP contribution in [0.5, 0.6) is 0 Å². The summed E-state index contributed by atoms with van der Waals surface area (Å²) >= 11 is 1.18. The molecule has 0 spiro atoms. The van der Waals surface area contributed by atoms with Gasteiger partial charge in [-0.2, -0.15) is 0 Å². The van der Waals surface area contributed by atoms with Gasteiger partial charge in [-0.25, -0.2) is 0 Å². The maximum absolute atomic E-state index is 10.9. The number of aliphatic hydroxyl groups excluding tert-OH is 2. The van der Waals surface area contributed by atoms with Gasteiger partial charge in [0, 0.05) is 12.7 Å². The van der Waals surface area contributed by atoms with E-state index in [9.17, 15) is 15.0 Å². The maximum Gasteiger partial charge on any atom is 0.185 e. The van der Waals surface area contributed by atoms with Gasteiger partial charge in [-0.15, -0.1) is 0 Å². The normalized spacial score (nSPS) is 14.0. The zero-order chi connectivity index (χ0) is 16.0. The third-order valence-corrected chi connectivity index (χ3v) is 4.48. The molecule has 0 aliphatic carbocycles. The molecular weight excluding hydrogens is 284 g/mol. The van der Waals surface area contributed by atoms with Crippen LogP contribution in [0.25, 0.3) is 0 Å². The topological polar surface area (TPSA) is 57.5 Å². The van der Waals surface area contributed by atoms with E-state index in [2.05, 4.69) is 32.9 Å². The molecule has 1 aromatic rings. The molecule has 2 atom stereocenters. The Morgan fingerprint density at radius 2 is 1.71 bits per heavy atom. The molecule has 0 saturated heterocycles. The fraction of sp³-hybridized carbons (Fsp3) is 0.588. The van der Waals surface area contributed by atoms with E-state index in [0.29, 0.717) is 12.2 Å². The second kappa shape index (κ2) is 8.57. The molecule has 0 fully saturated rings. The van der Waals surface area contributed by atoms with E-state index in [-0.39, 0.29) is 5.12 Å². The fourth-order valence-corrected chi connectivity index (χ4v) is 3.24. The van der Waals surface area contributed by atoms with E-state index in [4.69, 9.17) is 0 Å². The van der Waals surface area contributed by atoms with Crippen LogP contribution in [0.3, 0.4) is 0 Å². The van der Waals surface area contributed by atoms with E-state index in [1.807, 2.05) is 0 Å². The molecule has 2 unspecified atom stereocenters. The molecule has 2 N–H and O–H groups in total. The number of rotatable bonds is 7. The third-order valence-electron chi connectivity index (χ3n) is 3.64. The second-order valence-electron chi connectivity index (χ2n) is 5.34. The van der Waals surface area contributed by atoms with Crippen LogP contribution in [0.2, 0.25) is 0 Å². The lowest BCUT2D eigenvalue weighted by Crippen LogP contribution is -2.22. The van der Waals surface area contributed by atoms with Gasteiger partial charge in [-0.05, 0) is 42.9 Å². The summed E-state index contributed by atoms with van der Waals surface area (Å²) in [6.45, 7) is 7.68. The molecule has 0 radical (unpaired) electrons. The predicted molar refractivity (Wildman–Crippen MR) is 88.7 cm³/mol. The van der Waals surface area contributed by atoms with Gasteiger partial charge in [0.15, 0.2) is 5.12 Å². The van der Waals surface area contributed by atoms with E-state index >= 15 is 0 Å². The first-order chi connectivity index (χ1) is 9.90. The minimum absolute atomic E-state index is 0.0375. The number of carbonyl (C=O) groups excluding carboxylic acids is 1. The Hall–Kier alpha value is -0.840. The molecule has 0 bridgehead atoms. The Morgan fingerprint density at radius 1 is 1.19 bits per heavy atom. The summed E-state index contributed by atoms with van der Waals surface area (Å²) in [5, 5.41) is 20.8. The maximum atomic E-state index is 10.9. The number of thioether (sulfide) groups is 1. The van der Waals surface area contributed by atoms with Gasteiger partial charge in [-0.3, -0.25) is 4.79 Å². The van der Waals surface area contributed by atoms with Crippen LogP contribution in [0.15, 0.2) is 12.1 Å². The number of aryl methyl sites for hydroxylation is 3. The molecule has 0 aliphatic heterocycles. The average molecular weight is 310 g/mol. The molecule has 0 amide bonds. The van der Waals surface area contributed by atoms with Crippen molar-refractivity contribution in [2.24, 2.45) is 0 Å². The smallest absolute Gasteiger partial charge is 0.185 e. The summed E-state index contributed by atoms with van der Waals surface area (Å²) in [4.78, 5) is 10.9. The SMILES string of the molecule is CCc1cc(C)cc(CC)c1C(O)C(O)CCSC(C)=O. The Kier molecular flexibility index (Phi) is 7.43. The summed E-state index contributed by atoms with van der Waals surface area (Å²) in [5.41, 5.74) is 4.24. The van der Waals surface area contributed by atoms with Gasteiger partial charge in [0.1, 0.15) is 6.10 Å². The summed E-state index contributed by atoms with van der Waals surface area (Å²) in [6, 6.07) is 4.16. The Labute approximate surface area is 131 Å². The Balaban J connectivity index is 2.94. The molecule has 0 heterocycles. The molecule has 0 aliphatic rings. The summed E-state index contributed by atoms with van der Waals surface area (Å²) in [6.07, 6.45) is 0.343. The summed E-state index contributed by atoms with van der Waals surface area (Å²) in [7, 11) is 0. The van der Waals surface area contributed by atoms with Crippen molar-refractivity contribution in [2.45, 2.75) is 59.2 Å². The summed E-state index contributed by atoms with van der Waals surface area (Å²) in [5.74, 6) is 0.530. The highest BCUT2D eigenvalue weighted by Gasteiger charge is 2.23. The monoisotopic (exact) mass is 310 g/mol. The number of hydrogen-bond donors (Lipinski definition) is 2. The first-order valence-electron chi connectivity index (χ1n) is 7.52. The molecule has 1 aromatic carbocycles. The lowest BCUT2D eigenvalue weighted by molar-refractivity contribution is -0.109. The van der Waals surface area contributed by atoms with Gasteiger partial charge in [0.25, 0.3) is 0 Å². The summed E-state index contributed by atoms with van der Waals surface area (Å²) < 4.78 is 0. The highest BCUT2D eigenvalue weighted by molar-refractivity contribution is 8.13. The highest BCUT2D eigenvalue weighted by Crippen LogP contribution is 2.29. The van der Waals surface area contributed by atoms with Crippen LogP contribution < -0.4 is 0 Å². The van der Waals surface area contributed by atoms with Crippen molar-refractivity contribution in [1.29, 1.82) is 0 Å². The third kappa shape index (κ3) is 5.13. The minimum atomic E-state index is -0.886. The standard InChI is InChI=1S/C17H26O3S/c1-5-13-9-11(3)10-14(6-2)16(13)17(20)15(19)7-8-21-12(4)18/h9-10,15,17,19-20H,5-8H2,1-4H3. The van der Waals surface area contributed by atoms with Gasteiger partial charge < -0.3 is 10.2 Å². The zero-order valence-corrected chi connectivity index (χ0v) is 14.2. The predicted octanol–water partition coefficient (Wildman–Crippen LogP) is 3.18. The van der Waals surface area contributed by atoms with Gasteiger partial charge >= 0.3 is 0 Å². The molecule has 0 saturated carbocycles. The highest BCUT2D eigenvalue weighted by atomic mass is 32.2. The van der Waals surface area contributed by atoms with Crippen LogP contribution in [0.4, 0.5) is 0 Å². The van der Waals surface area contributed by atoms with E-state index in [1.54, 1.807) is 0 Å². The largest absolute Gasteiger partial charge is 0.390 e. The molecule has 4 heteroatoms. The van der Waals surface area contributed by atoms with Crippen LogP contribution >= 0.6 is 11.8 Å². The number of hydrogen-bond acceptors (Lipinski definition) is 4. The lowest BCUT2D eigenvalue weighted by Gasteiger charge is -2.24. The van der Waals surface area contributed by atoms with Crippen molar-refractivity contribution >= 4 is 16.9 Å². The van der Waals surface area contributed by atoms with E-state index in [1.165, 1.54) is 24.2 Å². The lowest BCUT2D eigenvalue weighted by atomic mass is 9.89. The number of carbonyl (C=O) groups is 1. The minimum Gasteiger partial charge on any atom is -0.390 e. The van der Waals surface area contributed by atoms with Crippen LogP contribution in [-0.4, -0.2) is 27.2 Å². The van der Waals surface area contributed by atoms with Crippen LogP contribution in [-0.2, 0) is 17.6 Å². The molecule has 118 valence electrons. The Bertz CT molecular complexity index is 460. The van der Waals surface area contributed by atoms with Crippen molar-refractivity contribution in [3.63, 3.8) is 0 Å². The van der Waals surface area contributed by atoms with Gasteiger partial charge in [-0.1, -0.05) is 43.3 Å². The molecule has 21 heavy (non-hydrogen) atoms. The van der Waals surface area contributed by atoms with Crippen molar-refractivity contribution in [3.8, 4) is 0 Å². The Morgan fingerprint density at radius 3 is 2.14 bits per heavy atom. The van der Waals surface area contributed by atoms with E-state index in [0.717, 1.165) is 29.5 Å². The number of aliphatic hydroxyl groups is 2. The van der Waals surface area contributed by atoms with Crippen molar-refractivity contribution in [3.05, 3.63) is 34.4 Å². The first-order valence-corrected chi connectivity index (χ1v) is 8.51. The second-order valence-corrected chi connectivity index (χ2v) is 6.62. The van der Waals surface area contributed by atoms with Crippen LogP contribution in [0, 0.1) is 6.92 Å². The van der Waals surface area contributed by atoms with Gasteiger partial charge in [0.05, 0.1) is 6.10 Å². The fourth-order valence-electron chi connectivity index (χ4n) is 2.59. The van der Waals surface area contributed by atoms with Gasteiger partial charge in [0.2, 0.25) is 0 Å². The van der Waals surface area contributed by atoms with Crippen LogP contribution in [0.1, 0.15) is 55.5 Å².